The molecule has 1 rings (SSSR count). The summed E-state index contributed by atoms with van der Waals surface area (Å²) in [5, 5.41) is 19.0. The van der Waals surface area contributed by atoms with E-state index in [1.807, 2.05) is 0 Å². The van der Waals surface area contributed by atoms with E-state index in [1.165, 1.54) is 0 Å². The summed E-state index contributed by atoms with van der Waals surface area (Å²) in [6.45, 7) is -2.18. The minimum absolute atomic E-state index is 0.229. The first-order valence-corrected chi connectivity index (χ1v) is 4.23. The van der Waals surface area contributed by atoms with Crippen molar-refractivity contribution in [3.63, 3.8) is 0 Å². The second-order valence-electron chi connectivity index (χ2n) is 2.94. The van der Waals surface area contributed by atoms with Crippen LogP contribution in [0.2, 0.25) is 0 Å². The summed E-state index contributed by atoms with van der Waals surface area (Å²) in [6.07, 6.45) is 1.13. The molecule has 0 saturated heterocycles. The molecule has 0 aliphatic rings. The lowest BCUT2D eigenvalue weighted by molar-refractivity contribution is -0.0374. The minimum Gasteiger partial charge on any atom is -0.477 e. The van der Waals surface area contributed by atoms with E-state index >= 15 is 0 Å². The van der Waals surface area contributed by atoms with Crippen LogP contribution in [0.15, 0.2) is 12.3 Å². The molecule has 0 aromatic carbocycles. The van der Waals surface area contributed by atoms with Gasteiger partial charge in [-0.05, 0) is 6.07 Å². The molecule has 6 nitrogen and oxygen atoms in total. The number of nitrogens with one attached hydrogen (secondary N) is 1. The van der Waals surface area contributed by atoms with Crippen LogP contribution >= 0.6 is 0 Å². The first kappa shape index (κ1) is 12.2. The molecule has 0 unspecified atom stereocenters. The zero-order chi connectivity index (χ0) is 12.2. The van der Waals surface area contributed by atoms with Crippen LogP contribution < -0.4 is 5.32 Å². The van der Waals surface area contributed by atoms with Crippen LogP contribution in [-0.4, -0.2) is 45.2 Å². The number of anilines is 1. The Morgan fingerprint density at radius 3 is 2.81 bits per heavy atom. The SMILES string of the molecule is O=C(O)c1ccnc(NCC(F)(F)CO)n1. The van der Waals surface area contributed by atoms with Crippen molar-refractivity contribution in [2.45, 2.75) is 5.92 Å². The van der Waals surface area contributed by atoms with E-state index in [-0.39, 0.29) is 11.6 Å². The number of nitrogens with zero attached hydrogens (tertiary/aromatic N) is 2. The van der Waals surface area contributed by atoms with Gasteiger partial charge in [0, 0.05) is 6.20 Å². The summed E-state index contributed by atoms with van der Waals surface area (Å²) in [6, 6.07) is 1.14. The Balaban J connectivity index is 2.68. The Morgan fingerprint density at radius 2 is 2.25 bits per heavy atom. The number of rotatable bonds is 5. The number of hydrogen-bond donors (Lipinski definition) is 3. The van der Waals surface area contributed by atoms with Crippen molar-refractivity contribution in [1.82, 2.24) is 9.97 Å². The predicted molar refractivity (Wildman–Crippen MR) is 49.5 cm³/mol. The molecule has 1 heterocycles. The molecule has 0 amide bonds. The van der Waals surface area contributed by atoms with E-state index in [1.54, 1.807) is 0 Å². The Hall–Kier alpha value is -1.83. The fourth-order valence-electron chi connectivity index (χ4n) is 0.827. The number of carbonyl (C=O) groups is 1. The monoisotopic (exact) mass is 233 g/mol. The van der Waals surface area contributed by atoms with Gasteiger partial charge in [-0.15, -0.1) is 0 Å². The topological polar surface area (TPSA) is 95.3 Å². The molecule has 1 aromatic heterocycles. The molecule has 0 aliphatic heterocycles. The third-order valence-corrected chi connectivity index (χ3v) is 1.61. The lowest BCUT2D eigenvalue weighted by atomic mass is 10.3. The van der Waals surface area contributed by atoms with E-state index in [4.69, 9.17) is 10.2 Å². The maximum atomic E-state index is 12.6. The molecule has 0 atom stereocenters. The highest BCUT2D eigenvalue weighted by molar-refractivity contribution is 5.85. The van der Waals surface area contributed by atoms with Gasteiger partial charge < -0.3 is 15.5 Å². The number of halogens is 2. The summed E-state index contributed by atoms with van der Waals surface area (Å²) >= 11 is 0. The minimum atomic E-state index is -3.30. The van der Waals surface area contributed by atoms with Crippen LogP contribution in [0.25, 0.3) is 0 Å². The fraction of sp³-hybridized carbons (Fsp3) is 0.375. The van der Waals surface area contributed by atoms with Gasteiger partial charge in [0.1, 0.15) is 6.61 Å². The van der Waals surface area contributed by atoms with E-state index in [9.17, 15) is 13.6 Å². The zero-order valence-electron chi connectivity index (χ0n) is 8.02. The van der Waals surface area contributed by atoms with E-state index in [2.05, 4.69) is 15.3 Å². The maximum Gasteiger partial charge on any atom is 0.354 e. The smallest absolute Gasteiger partial charge is 0.354 e. The van der Waals surface area contributed by atoms with Crippen LogP contribution in [0.1, 0.15) is 10.5 Å². The van der Waals surface area contributed by atoms with Crippen molar-refractivity contribution in [2.24, 2.45) is 0 Å². The fourth-order valence-corrected chi connectivity index (χ4v) is 0.827. The van der Waals surface area contributed by atoms with Crippen molar-refractivity contribution in [2.75, 3.05) is 18.5 Å². The average molecular weight is 233 g/mol. The van der Waals surface area contributed by atoms with Gasteiger partial charge >= 0.3 is 5.97 Å². The van der Waals surface area contributed by atoms with E-state index < -0.39 is 25.0 Å². The second kappa shape index (κ2) is 4.79. The standard InChI is InChI=1S/C8H9F2N3O3/c9-8(10,4-14)3-12-7-11-2-1-5(13-7)6(15)16/h1-2,14H,3-4H2,(H,15,16)(H,11,12,13). The summed E-state index contributed by atoms with van der Waals surface area (Å²) in [5.74, 6) is -4.81. The Kier molecular flexibility index (Phi) is 3.67. The summed E-state index contributed by atoms with van der Waals surface area (Å²) < 4.78 is 25.2. The highest BCUT2D eigenvalue weighted by Gasteiger charge is 2.27. The molecule has 0 fully saturated rings. The quantitative estimate of drug-likeness (QED) is 0.673. The number of carboxylic acid groups (broad SMARTS) is 1. The molecule has 0 saturated carbocycles. The molecule has 3 N–H and O–H groups in total. The molecule has 0 radical (unpaired) electrons. The predicted octanol–water partition coefficient (Wildman–Crippen LogP) is 0.214. The highest BCUT2D eigenvalue weighted by Crippen LogP contribution is 2.12. The summed E-state index contributed by atoms with van der Waals surface area (Å²) in [4.78, 5) is 17.5. The summed E-state index contributed by atoms with van der Waals surface area (Å²) in [7, 11) is 0. The molecule has 16 heavy (non-hydrogen) atoms. The summed E-state index contributed by atoms with van der Waals surface area (Å²) in [5.41, 5.74) is -0.301. The number of aliphatic hydroxyl groups excluding tert-OH is 1. The largest absolute Gasteiger partial charge is 0.477 e. The van der Waals surface area contributed by atoms with E-state index in [0.717, 1.165) is 12.3 Å². The molecule has 0 bridgehead atoms. The molecule has 0 spiro atoms. The first-order chi connectivity index (χ1) is 7.44. The van der Waals surface area contributed by atoms with Gasteiger partial charge in [0.05, 0.1) is 6.54 Å². The lowest BCUT2D eigenvalue weighted by Crippen LogP contribution is -2.31. The Bertz CT molecular complexity index is 387. The molecule has 88 valence electrons. The van der Waals surface area contributed by atoms with Gasteiger partial charge in [-0.1, -0.05) is 0 Å². The van der Waals surface area contributed by atoms with Crippen LogP contribution in [0, 0.1) is 0 Å². The number of hydrogen-bond acceptors (Lipinski definition) is 5. The van der Waals surface area contributed by atoms with Crippen molar-refractivity contribution >= 4 is 11.9 Å². The Morgan fingerprint density at radius 1 is 1.56 bits per heavy atom. The number of aliphatic hydroxyl groups is 1. The number of aromatic nitrogens is 2. The van der Waals surface area contributed by atoms with Gasteiger partial charge in [-0.2, -0.15) is 0 Å². The van der Waals surface area contributed by atoms with Crippen molar-refractivity contribution in [3.05, 3.63) is 18.0 Å². The second-order valence-corrected chi connectivity index (χ2v) is 2.94. The van der Waals surface area contributed by atoms with Crippen molar-refractivity contribution < 1.29 is 23.8 Å². The first-order valence-electron chi connectivity index (χ1n) is 4.23. The van der Waals surface area contributed by atoms with Gasteiger partial charge in [-0.25, -0.2) is 23.5 Å². The van der Waals surface area contributed by atoms with Crippen molar-refractivity contribution in [3.8, 4) is 0 Å². The molecule has 0 aliphatic carbocycles. The van der Waals surface area contributed by atoms with Gasteiger partial charge in [0.15, 0.2) is 5.69 Å². The molecular formula is C8H9F2N3O3. The third-order valence-electron chi connectivity index (χ3n) is 1.61. The van der Waals surface area contributed by atoms with Gasteiger partial charge in [0.25, 0.3) is 5.92 Å². The normalized spacial score (nSPS) is 11.2. The average Bonchev–Trinajstić information content (AvgIpc) is 2.27. The van der Waals surface area contributed by atoms with Crippen LogP contribution in [0.3, 0.4) is 0 Å². The number of alkyl halides is 2. The lowest BCUT2D eigenvalue weighted by Gasteiger charge is -2.13. The highest BCUT2D eigenvalue weighted by atomic mass is 19.3. The third kappa shape index (κ3) is 3.39. The van der Waals surface area contributed by atoms with Gasteiger partial charge in [0.2, 0.25) is 5.95 Å². The van der Waals surface area contributed by atoms with E-state index in [0.29, 0.717) is 0 Å². The van der Waals surface area contributed by atoms with Crippen molar-refractivity contribution in [1.29, 1.82) is 0 Å². The van der Waals surface area contributed by atoms with Crippen LogP contribution in [0.4, 0.5) is 14.7 Å². The molecule has 1 aromatic rings. The molecular weight excluding hydrogens is 224 g/mol. The Labute approximate surface area is 89.0 Å². The zero-order valence-corrected chi connectivity index (χ0v) is 8.02. The molecule has 8 heteroatoms. The van der Waals surface area contributed by atoms with Crippen LogP contribution in [0.5, 0.6) is 0 Å². The van der Waals surface area contributed by atoms with Crippen LogP contribution in [-0.2, 0) is 0 Å². The number of carboxylic acids is 1. The number of aromatic carboxylic acids is 1. The van der Waals surface area contributed by atoms with Gasteiger partial charge in [-0.3, -0.25) is 0 Å². The maximum absolute atomic E-state index is 12.6.